The number of rotatable bonds is 4. The monoisotopic (exact) mass is 265 g/mol. The van der Waals surface area contributed by atoms with Crippen LogP contribution in [0.2, 0.25) is 0 Å². The minimum absolute atomic E-state index is 0.281. The lowest BCUT2D eigenvalue weighted by Crippen LogP contribution is -2.14. The van der Waals surface area contributed by atoms with Crippen LogP contribution >= 0.6 is 11.3 Å². The average Bonchev–Trinajstić information content (AvgIpc) is 2.71. The van der Waals surface area contributed by atoms with Crippen LogP contribution in [0.1, 0.15) is 22.2 Å². The highest BCUT2D eigenvalue weighted by Gasteiger charge is 2.21. The molecule has 0 aliphatic rings. The molecule has 1 unspecified atom stereocenters. The molecule has 0 saturated carbocycles. The van der Waals surface area contributed by atoms with Crippen molar-refractivity contribution in [1.29, 1.82) is 0 Å². The summed E-state index contributed by atoms with van der Waals surface area (Å²) < 4.78 is 13.1. The molecule has 0 aliphatic carbocycles. The topological polar surface area (TPSA) is 50.2 Å². The molecule has 1 atom stereocenters. The summed E-state index contributed by atoms with van der Waals surface area (Å²) >= 11 is 1.48. The van der Waals surface area contributed by atoms with E-state index in [4.69, 9.17) is 0 Å². The van der Waals surface area contributed by atoms with Crippen LogP contribution in [0, 0.1) is 12.7 Å². The molecule has 1 aromatic heterocycles. The summed E-state index contributed by atoms with van der Waals surface area (Å²) in [5, 5.41) is 12.0. The van der Waals surface area contributed by atoms with E-state index in [1.807, 2.05) is 12.3 Å². The molecule has 2 rings (SSSR count). The number of aromatic nitrogens is 1. The molecule has 0 amide bonds. The standard InChI is InChI=1S/C13H12FNO2S/c1-8-15-11(7-18-8)6-12(13(16)17)9-3-2-4-10(14)5-9/h2-5,7,12H,6H2,1H3,(H,16,17). The summed E-state index contributed by atoms with van der Waals surface area (Å²) in [4.78, 5) is 15.5. The molecule has 3 nitrogen and oxygen atoms in total. The van der Waals surface area contributed by atoms with Crippen molar-refractivity contribution in [3.05, 3.63) is 51.7 Å². The van der Waals surface area contributed by atoms with Gasteiger partial charge in [-0.05, 0) is 24.6 Å². The number of thiazole rings is 1. The third-order valence-corrected chi connectivity index (χ3v) is 3.45. The van der Waals surface area contributed by atoms with Crippen molar-refractivity contribution >= 4 is 17.3 Å². The van der Waals surface area contributed by atoms with Gasteiger partial charge >= 0.3 is 5.97 Å². The predicted molar refractivity (Wildman–Crippen MR) is 67.3 cm³/mol. The van der Waals surface area contributed by atoms with Crippen LogP contribution < -0.4 is 0 Å². The molecule has 18 heavy (non-hydrogen) atoms. The van der Waals surface area contributed by atoms with Gasteiger partial charge in [-0.15, -0.1) is 11.3 Å². The van der Waals surface area contributed by atoms with Gasteiger partial charge in [-0.25, -0.2) is 9.37 Å². The summed E-state index contributed by atoms with van der Waals surface area (Å²) in [5.74, 6) is -2.15. The molecule has 1 aromatic carbocycles. The second-order valence-corrected chi connectivity index (χ2v) is 5.07. The van der Waals surface area contributed by atoms with E-state index in [2.05, 4.69) is 4.98 Å². The second-order valence-electron chi connectivity index (χ2n) is 4.01. The summed E-state index contributed by atoms with van der Waals surface area (Å²) in [7, 11) is 0. The number of aliphatic carboxylic acids is 1. The van der Waals surface area contributed by atoms with Gasteiger partial charge in [0.15, 0.2) is 0 Å². The van der Waals surface area contributed by atoms with E-state index in [9.17, 15) is 14.3 Å². The molecule has 94 valence electrons. The van der Waals surface area contributed by atoms with E-state index in [-0.39, 0.29) is 6.42 Å². The number of hydrogen-bond donors (Lipinski definition) is 1. The van der Waals surface area contributed by atoms with Crippen molar-refractivity contribution in [2.75, 3.05) is 0 Å². The van der Waals surface area contributed by atoms with Gasteiger partial charge in [-0.1, -0.05) is 12.1 Å². The van der Waals surface area contributed by atoms with Gasteiger partial charge in [0.2, 0.25) is 0 Å². The fourth-order valence-electron chi connectivity index (χ4n) is 1.78. The lowest BCUT2D eigenvalue weighted by molar-refractivity contribution is -0.138. The zero-order valence-electron chi connectivity index (χ0n) is 9.76. The lowest BCUT2D eigenvalue weighted by atomic mass is 9.94. The molecule has 0 saturated heterocycles. The SMILES string of the molecule is Cc1nc(CC(C(=O)O)c2cccc(F)c2)cs1. The Bertz CT molecular complexity index is 568. The normalized spacial score (nSPS) is 12.3. The number of carboxylic acids is 1. The van der Waals surface area contributed by atoms with E-state index in [1.165, 1.54) is 29.5 Å². The number of hydrogen-bond acceptors (Lipinski definition) is 3. The molecule has 0 aliphatic heterocycles. The predicted octanol–water partition coefficient (Wildman–Crippen LogP) is 3.00. The van der Waals surface area contributed by atoms with Crippen molar-refractivity contribution in [3.8, 4) is 0 Å². The Morgan fingerprint density at radius 1 is 1.56 bits per heavy atom. The van der Waals surface area contributed by atoms with Crippen LogP contribution in [0.5, 0.6) is 0 Å². The number of benzene rings is 1. The third-order valence-electron chi connectivity index (χ3n) is 2.63. The van der Waals surface area contributed by atoms with Gasteiger partial charge < -0.3 is 5.11 Å². The average molecular weight is 265 g/mol. The third kappa shape index (κ3) is 2.92. The Balaban J connectivity index is 2.26. The first-order valence-electron chi connectivity index (χ1n) is 5.45. The maximum absolute atomic E-state index is 13.1. The quantitative estimate of drug-likeness (QED) is 0.924. The van der Waals surface area contributed by atoms with Crippen LogP contribution in [0.25, 0.3) is 0 Å². The van der Waals surface area contributed by atoms with Crippen molar-refractivity contribution in [2.24, 2.45) is 0 Å². The number of carbonyl (C=O) groups is 1. The Morgan fingerprint density at radius 3 is 2.89 bits per heavy atom. The van der Waals surface area contributed by atoms with Crippen molar-refractivity contribution in [3.63, 3.8) is 0 Å². The highest BCUT2D eigenvalue weighted by Crippen LogP contribution is 2.23. The minimum atomic E-state index is -0.966. The maximum atomic E-state index is 13.1. The Kier molecular flexibility index (Phi) is 3.72. The molecule has 5 heteroatoms. The van der Waals surface area contributed by atoms with E-state index in [0.717, 1.165) is 10.7 Å². The molecule has 2 aromatic rings. The highest BCUT2D eigenvalue weighted by atomic mass is 32.1. The van der Waals surface area contributed by atoms with E-state index < -0.39 is 17.7 Å². The van der Waals surface area contributed by atoms with Gasteiger partial charge in [-0.3, -0.25) is 4.79 Å². The summed E-state index contributed by atoms with van der Waals surface area (Å²) in [6.07, 6.45) is 0.281. The van der Waals surface area contributed by atoms with E-state index in [1.54, 1.807) is 6.07 Å². The largest absolute Gasteiger partial charge is 0.481 e. The molecule has 0 radical (unpaired) electrons. The number of nitrogens with zero attached hydrogens (tertiary/aromatic N) is 1. The fourth-order valence-corrected chi connectivity index (χ4v) is 2.41. The first-order chi connectivity index (χ1) is 8.56. The van der Waals surface area contributed by atoms with Crippen LogP contribution in [0.4, 0.5) is 4.39 Å². The van der Waals surface area contributed by atoms with Gasteiger partial charge in [0.05, 0.1) is 16.6 Å². The van der Waals surface area contributed by atoms with Crippen LogP contribution in [-0.4, -0.2) is 16.1 Å². The smallest absolute Gasteiger partial charge is 0.311 e. The van der Waals surface area contributed by atoms with Crippen molar-refractivity contribution in [2.45, 2.75) is 19.3 Å². The molecule has 0 bridgehead atoms. The number of halogens is 1. The summed E-state index contributed by atoms with van der Waals surface area (Å²) in [6, 6.07) is 5.71. The maximum Gasteiger partial charge on any atom is 0.311 e. The zero-order valence-corrected chi connectivity index (χ0v) is 10.6. The Labute approximate surface area is 108 Å². The van der Waals surface area contributed by atoms with Crippen LogP contribution in [-0.2, 0) is 11.2 Å². The van der Waals surface area contributed by atoms with Gasteiger partial charge in [0.25, 0.3) is 0 Å². The molecule has 1 N–H and O–H groups in total. The van der Waals surface area contributed by atoms with Crippen LogP contribution in [0.3, 0.4) is 0 Å². The fraction of sp³-hybridized carbons (Fsp3) is 0.231. The number of carboxylic acid groups (broad SMARTS) is 1. The van der Waals surface area contributed by atoms with Gasteiger partial charge in [0, 0.05) is 11.8 Å². The highest BCUT2D eigenvalue weighted by molar-refractivity contribution is 7.09. The number of aryl methyl sites for hydroxylation is 1. The lowest BCUT2D eigenvalue weighted by Gasteiger charge is -2.11. The molecular formula is C13H12FNO2S. The Morgan fingerprint density at radius 2 is 2.33 bits per heavy atom. The molecule has 0 spiro atoms. The first-order valence-corrected chi connectivity index (χ1v) is 6.33. The summed E-state index contributed by atoms with van der Waals surface area (Å²) in [6.45, 7) is 1.87. The van der Waals surface area contributed by atoms with E-state index >= 15 is 0 Å². The molecule has 1 heterocycles. The minimum Gasteiger partial charge on any atom is -0.481 e. The van der Waals surface area contributed by atoms with Gasteiger partial charge in [-0.2, -0.15) is 0 Å². The Hall–Kier alpha value is -1.75. The van der Waals surface area contributed by atoms with Gasteiger partial charge in [0.1, 0.15) is 5.82 Å². The molecular weight excluding hydrogens is 253 g/mol. The zero-order chi connectivity index (χ0) is 13.1. The molecule has 0 fully saturated rings. The van der Waals surface area contributed by atoms with E-state index in [0.29, 0.717) is 5.56 Å². The van der Waals surface area contributed by atoms with Crippen LogP contribution in [0.15, 0.2) is 29.6 Å². The van der Waals surface area contributed by atoms with Crippen molar-refractivity contribution in [1.82, 2.24) is 4.98 Å². The summed E-state index contributed by atoms with van der Waals surface area (Å²) in [5.41, 5.74) is 1.20. The first kappa shape index (κ1) is 12.7. The second kappa shape index (κ2) is 5.27. The van der Waals surface area contributed by atoms with Crippen molar-refractivity contribution < 1.29 is 14.3 Å².